The van der Waals surface area contributed by atoms with E-state index >= 15 is 0 Å². The molecule has 1 aliphatic heterocycles. The number of nitrogens with zero attached hydrogens (tertiary/aromatic N) is 1. The number of halogens is 1. The lowest BCUT2D eigenvalue weighted by molar-refractivity contribution is -0.117. The molecule has 114 valence electrons. The molecule has 3 rings (SSSR count). The first kappa shape index (κ1) is 14.9. The van der Waals surface area contributed by atoms with E-state index in [1.54, 1.807) is 17.0 Å². The average molecular weight is 317 g/mol. The van der Waals surface area contributed by atoms with Crippen LogP contribution in [0, 0.1) is 0 Å². The van der Waals surface area contributed by atoms with Gasteiger partial charge in [0.05, 0.1) is 6.61 Å². The van der Waals surface area contributed by atoms with E-state index in [-0.39, 0.29) is 18.6 Å². The zero-order valence-corrected chi connectivity index (χ0v) is 12.8. The number of benzene rings is 2. The third-order valence-electron chi connectivity index (χ3n) is 3.78. The fourth-order valence-corrected chi connectivity index (χ4v) is 2.86. The number of hydrogen-bond acceptors (Lipinski definition) is 3. The molecule has 1 heterocycles. The summed E-state index contributed by atoms with van der Waals surface area (Å²) in [4.78, 5) is 14.3. The number of amides is 1. The second kappa shape index (κ2) is 6.38. The summed E-state index contributed by atoms with van der Waals surface area (Å²) in [5.74, 6) is 0.0386. The fraction of sp³-hybridized carbons (Fsp3) is 0.235. The van der Waals surface area contributed by atoms with Crippen molar-refractivity contribution in [3.05, 3.63) is 59.1 Å². The third kappa shape index (κ3) is 3.08. The van der Waals surface area contributed by atoms with Gasteiger partial charge in [0.15, 0.2) is 0 Å². The van der Waals surface area contributed by atoms with Gasteiger partial charge in [-0.1, -0.05) is 29.8 Å². The number of nitrogens with one attached hydrogen (secondary N) is 1. The smallest absolute Gasteiger partial charge is 0.249 e. The summed E-state index contributed by atoms with van der Waals surface area (Å²) >= 11 is 5.99. The molecular weight excluding hydrogens is 300 g/mol. The first-order valence-corrected chi connectivity index (χ1v) is 7.58. The Balaban J connectivity index is 1.73. The molecule has 0 radical (unpaired) electrons. The van der Waals surface area contributed by atoms with Crippen LogP contribution in [0.25, 0.3) is 0 Å². The van der Waals surface area contributed by atoms with Gasteiger partial charge < -0.3 is 15.3 Å². The molecule has 1 unspecified atom stereocenters. The summed E-state index contributed by atoms with van der Waals surface area (Å²) in [5.41, 5.74) is 2.49. The molecular formula is C17H17ClN2O2. The summed E-state index contributed by atoms with van der Waals surface area (Å²) in [6, 6.07) is 14.5. The van der Waals surface area contributed by atoms with Crippen LogP contribution in [0.5, 0.6) is 0 Å². The van der Waals surface area contributed by atoms with Crippen molar-refractivity contribution in [2.24, 2.45) is 0 Å². The zero-order valence-electron chi connectivity index (χ0n) is 12.0. The summed E-state index contributed by atoms with van der Waals surface area (Å²) in [5, 5.41) is 13.0. The molecule has 22 heavy (non-hydrogen) atoms. The molecule has 1 saturated heterocycles. The van der Waals surface area contributed by atoms with E-state index in [4.69, 9.17) is 11.6 Å². The van der Waals surface area contributed by atoms with Gasteiger partial charge in [-0.3, -0.25) is 4.79 Å². The van der Waals surface area contributed by atoms with Gasteiger partial charge in [-0.15, -0.1) is 0 Å². The maximum Gasteiger partial charge on any atom is 0.249 e. The van der Waals surface area contributed by atoms with Crippen molar-refractivity contribution in [1.82, 2.24) is 0 Å². The molecule has 1 atom stereocenters. The van der Waals surface area contributed by atoms with Crippen LogP contribution < -0.4 is 10.2 Å². The molecule has 5 heteroatoms. The topological polar surface area (TPSA) is 52.6 Å². The third-order valence-corrected chi connectivity index (χ3v) is 4.01. The number of carbonyl (C=O) groups excluding carboxylic acids is 1. The highest BCUT2D eigenvalue weighted by molar-refractivity contribution is 6.31. The standard InChI is InChI=1S/C17H17ClN2O2/c18-13-4-2-6-15(10-13)20-8-7-16(17(20)22)19-14-5-1-3-12(9-14)11-21/h1-6,9-10,16,19,21H,7-8,11H2. The lowest BCUT2D eigenvalue weighted by Crippen LogP contribution is -2.33. The van der Waals surface area contributed by atoms with Crippen LogP contribution in [-0.2, 0) is 11.4 Å². The molecule has 2 aromatic carbocycles. The van der Waals surface area contributed by atoms with E-state index in [1.807, 2.05) is 36.4 Å². The predicted octanol–water partition coefficient (Wildman–Crippen LogP) is 3.05. The highest BCUT2D eigenvalue weighted by atomic mass is 35.5. The van der Waals surface area contributed by atoms with Crippen LogP contribution in [-0.4, -0.2) is 23.6 Å². The number of anilines is 2. The monoisotopic (exact) mass is 316 g/mol. The Morgan fingerprint density at radius 2 is 2.05 bits per heavy atom. The minimum absolute atomic E-state index is 0.0111. The summed E-state index contributed by atoms with van der Waals surface area (Å²) in [6.45, 7) is 0.652. The summed E-state index contributed by atoms with van der Waals surface area (Å²) < 4.78 is 0. The van der Waals surface area contributed by atoms with Crippen LogP contribution in [0.1, 0.15) is 12.0 Å². The van der Waals surface area contributed by atoms with Crippen molar-refractivity contribution in [2.75, 3.05) is 16.8 Å². The molecule has 1 amide bonds. The molecule has 1 fully saturated rings. The number of carbonyl (C=O) groups is 1. The Labute approximate surface area is 134 Å². The Hall–Kier alpha value is -2.04. The SMILES string of the molecule is O=C1C(Nc2cccc(CO)c2)CCN1c1cccc(Cl)c1. The van der Waals surface area contributed by atoms with E-state index in [0.29, 0.717) is 11.6 Å². The number of aliphatic hydroxyl groups is 1. The van der Waals surface area contributed by atoms with Gasteiger partial charge in [-0.2, -0.15) is 0 Å². The molecule has 0 spiro atoms. The van der Waals surface area contributed by atoms with Gasteiger partial charge in [0.1, 0.15) is 6.04 Å². The molecule has 0 bridgehead atoms. The van der Waals surface area contributed by atoms with Crippen molar-refractivity contribution in [2.45, 2.75) is 19.1 Å². The lowest BCUT2D eigenvalue weighted by Gasteiger charge is -2.18. The van der Waals surface area contributed by atoms with Gasteiger partial charge >= 0.3 is 0 Å². The maximum atomic E-state index is 12.5. The normalized spacial score (nSPS) is 17.8. The van der Waals surface area contributed by atoms with E-state index in [0.717, 1.165) is 23.4 Å². The predicted molar refractivity (Wildman–Crippen MR) is 88.2 cm³/mol. The Morgan fingerprint density at radius 1 is 1.23 bits per heavy atom. The summed E-state index contributed by atoms with van der Waals surface area (Å²) in [7, 11) is 0. The first-order valence-electron chi connectivity index (χ1n) is 7.20. The van der Waals surface area contributed by atoms with Gasteiger partial charge in [0, 0.05) is 22.9 Å². The van der Waals surface area contributed by atoms with Crippen LogP contribution in [0.15, 0.2) is 48.5 Å². The quantitative estimate of drug-likeness (QED) is 0.911. The van der Waals surface area contributed by atoms with Gasteiger partial charge in [0.25, 0.3) is 0 Å². The van der Waals surface area contributed by atoms with Crippen LogP contribution in [0.2, 0.25) is 5.02 Å². The molecule has 1 aliphatic rings. The van der Waals surface area contributed by atoms with Crippen molar-refractivity contribution >= 4 is 28.9 Å². The Morgan fingerprint density at radius 3 is 2.82 bits per heavy atom. The van der Waals surface area contributed by atoms with Crippen molar-refractivity contribution in [3.63, 3.8) is 0 Å². The van der Waals surface area contributed by atoms with Crippen LogP contribution >= 0.6 is 11.6 Å². The van der Waals surface area contributed by atoms with Crippen LogP contribution in [0.4, 0.5) is 11.4 Å². The van der Waals surface area contributed by atoms with Crippen molar-refractivity contribution < 1.29 is 9.90 Å². The maximum absolute atomic E-state index is 12.5. The van der Waals surface area contributed by atoms with E-state index in [1.165, 1.54) is 0 Å². The number of hydrogen-bond donors (Lipinski definition) is 2. The lowest BCUT2D eigenvalue weighted by atomic mass is 10.2. The number of rotatable bonds is 4. The molecule has 2 aromatic rings. The summed E-state index contributed by atoms with van der Waals surface area (Å²) in [6.07, 6.45) is 0.731. The van der Waals surface area contributed by atoms with E-state index in [2.05, 4.69) is 5.32 Å². The second-order valence-electron chi connectivity index (χ2n) is 5.31. The van der Waals surface area contributed by atoms with Crippen molar-refractivity contribution in [1.29, 1.82) is 0 Å². The largest absolute Gasteiger partial charge is 0.392 e. The van der Waals surface area contributed by atoms with E-state index in [9.17, 15) is 9.90 Å². The van der Waals surface area contributed by atoms with Gasteiger partial charge in [-0.25, -0.2) is 0 Å². The zero-order chi connectivity index (χ0) is 15.5. The Bertz CT molecular complexity index is 690. The van der Waals surface area contributed by atoms with Crippen LogP contribution in [0.3, 0.4) is 0 Å². The molecule has 0 aromatic heterocycles. The number of aliphatic hydroxyl groups excluding tert-OH is 1. The first-order chi connectivity index (χ1) is 10.7. The highest BCUT2D eigenvalue weighted by Crippen LogP contribution is 2.26. The molecule has 0 saturated carbocycles. The minimum atomic E-state index is -0.257. The molecule has 2 N–H and O–H groups in total. The average Bonchev–Trinajstić information content (AvgIpc) is 2.88. The van der Waals surface area contributed by atoms with Gasteiger partial charge in [0.2, 0.25) is 5.91 Å². The second-order valence-corrected chi connectivity index (χ2v) is 5.75. The highest BCUT2D eigenvalue weighted by Gasteiger charge is 2.32. The van der Waals surface area contributed by atoms with Crippen molar-refractivity contribution in [3.8, 4) is 0 Å². The van der Waals surface area contributed by atoms with Gasteiger partial charge in [-0.05, 0) is 42.3 Å². The minimum Gasteiger partial charge on any atom is -0.392 e. The molecule has 0 aliphatic carbocycles. The Kier molecular flexibility index (Phi) is 4.32. The molecule has 4 nitrogen and oxygen atoms in total. The van der Waals surface area contributed by atoms with E-state index < -0.39 is 0 Å². The fourth-order valence-electron chi connectivity index (χ4n) is 2.67.